The van der Waals surface area contributed by atoms with E-state index in [-0.39, 0.29) is 5.71 Å². The van der Waals surface area contributed by atoms with E-state index in [1.165, 1.54) is 18.2 Å². The van der Waals surface area contributed by atoms with Crippen molar-refractivity contribution in [2.75, 3.05) is 0 Å². The quantitative estimate of drug-likeness (QED) is 0.563. The SMILES string of the molecule is N=C1C=CC=CC1S(=O)(=O)O. The monoisotopic (exact) mass is 173 g/mol. The first-order valence-electron chi connectivity index (χ1n) is 2.91. The van der Waals surface area contributed by atoms with Gasteiger partial charge >= 0.3 is 0 Å². The van der Waals surface area contributed by atoms with E-state index in [1.54, 1.807) is 6.08 Å². The first-order chi connectivity index (χ1) is 5.02. The smallest absolute Gasteiger partial charge is 0.277 e. The molecule has 0 spiro atoms. The molecule has 0 amide bonds. The van der Waals surface area contributed by atoms with Crippen LogP contribution in [0.3, 0.4) is 0 Å². The molecule has 1 rings (SSSR count). The van der Waals surface area contributed by atoms with Crippen molar-refractivity contribution in [1.82, 2.24) is 0 Å². The van der Waals surface area contributed by atoms with Crippen molar-refractivity contribution in [2.45, 2.75) is 5.25 Å². The average Bonchev–Trinajstić information content (AvgIpc) is 1.86. The maximum absolute atomic E-state index is 10.5. The van der Waals surface area contributed by atoms with E-state index in [0.717, 1.165) is 0 Å². The zero-order valence-electron chi connectivity index (χ0n) is 5.56. The van der Waals surface area contributed by atoms with Crippen LogP contribution < -0.4 is 0 Å². The molecule has 1 aliphatic rings. The van der Waals surface area contributed by atoms with Gasteiger partial charge in [-0.15, -0.1) is 0 Å². The summed E-state index contributed by atoms with van der Waals surface area (Å²) in [5.41, 5.74) is -0.116. The molecule has 4 nitrogen and oxygen atoms in total. The molecule has 0 aliphatic heterocycles. The Kier molecular flexibility index (Phi) is 1.92. The van der Waals surface area contributed by atoms with E-state index in [2.05, 4.69) is 0 Å². The maximum Gasteiger partial charge on any atom is 0.277 e. The fourth-order valence-electron chi connectivity index (χ4n) is 0.783. The summed E-state index contributed by atoms with van der Waals surface area (Å²) in [6.45, 7) is 0. The van der Waals surface area contributed by atoms with Crippen LogP contribution in [0.25, 0.3) is 0 Å². The molecule has 0 saturated heterocycles. The van der Waals surface area contributed by atoms with Crippen LogP contribution in [-0.2, 0) is 10.1 Å². The van der Waals surface area contributed by atoms with Gasteiger partial charge in [0.15, 0.2) is 0 Å². The molecule has 11 heavy (non-hydrogen) atoms. The van der Waals surface area contributed by atoms with Crippen LogP contribution in [0.5, 0.6) is 0 Å². The Hall–Kier alpha value is -0.940. The van der Waals surface area contributed by atoms with Crippen molar-refractivity contribution in [1.29, 1.82) is 5.41 Å². The molecule has 1 unspecified atom stereocenters. The molecule has 2 N–H and O–H groups in total. The van der Waals surface area contributed by atoms with E-state index >= 15 is 0 Å². The lowest BCUT2D eigenvalue weighted by molar-refractivity contribution is 0.482. The average molecular weight is 173 g/mol. The van der Waals surface area contributed by atoms with Gasteiger partial charge in [-0.3, -0.25) is 4.55 Å². The van der Waals surface area contributed by atoms with Gasteiger partial charge < -0.3 is 5.41 Å². The minimum absolute atomic E-state index is 0.116. The largest absolute Gasteiger partial charge is 0.304 e. The highest BCUT2D eigenvalue weighted by Crippen LogP contribution is 2.07. The summed E-state index contributed by atoms with van der Waals surface area (Å²) in [5, 5.41) is 5.94. The number of hydrogen-bond acceptors (Lipinski definition) is 3. The van der Waals surface area contributed by atoms with Gasteiger partial charge in [-0.1, -0.05) is 18.2 Å². The highest BCUT2D eigenvalue weighted by Gasteiger charge is 2.24. The molecule has 0 heterocycles. The highest BCUT2D eigenvalue weighted by molar-refractivity contribution is 7.87. The Labute approximate surface area is 64.5 Å². The standard InChI is InChI=1S/C6H7NO3S/c7-5-3-1-2-4-6(5)11(8,9)10/h1-4,6-7H,(H,8,9,10). The number of hydrogen-bond donors (Lipinski definition) is 2. The molecule has 0 fully saturated rings. The molecule has 1 atom stereocenters. The van der Waals surface area contributed by atoms with Crippen LogP contribution >= 0.6 is 0 Å². The van der Waals surface area contributed by atoms with Crippen molar-refractivity contribution in [3.05, 3.63) is 24.3 Å². The van der Waals surface area contributed by atoms with E-state index in [4.69, 9.17) is 9.96 Å². The lowest BCUT2D eigenvalue weighted by Crippen LogP contribution is -2.27. The second kappa shape index (κ2) is 2.60. The van der Waals surface area contributed by atoms with E-state index in [1.807, 2.05) is 0 Å². The van der Waals surface area contributed by atoms with Crippen LogP contribution in [0.2, 0.25) is 0 Å². The molecule has 0 aromatic carbocycles. The Balaban J connectivity index is 3.01. The zero-order chi connectivity index (χ0) is 8.48. The molecule has 5 heteroatoms. The molecule has 1 aliphatic carbocycles. The second-order valence-corrected chi connectivity index (χ2v) is 3.67. The number of rotatable bonds is 1. The normalized spacial score (nSPS) is 24.1. The first-order valence-corrected chi connectivity index (χ1v) is 4.42. The molecule has 0 radical (unpaired) electrons. The lowest BCUT2D eigenvalue weighted by Gasteiger charge is -2.09. The third-order valence-electron chi connectivity index (χ3n) is 1.30. The molecule has 0 bridgehead atoms. The van der Waals surface area contributed by atoms with Gasteiger partial charge in [0.2, 0.25) is 0 Å². The van der Waals surface area contributed by atoms with Gasteiger partial charge in [0.05, 0.1) is 5.71 Å². The van der Waals surface area contributed by atoms with Gasteiger partial charge in [0.25, 0.3) is 10.1 Å². The Morgan fingerprint density at radius 1 is 1.45 bits per heavy atom. The van der Waals surface area contributed by atoms with Crippen molar-refractivity contribution in [3.63, 3.8) is 0 Å². The van der Waals surface area contributed by atoms with Gasteiger partial charge in [0, 0.05) is 0 Å². The van der Waals surface area contributed by atoms with Crippen molar-refractivity contribution >= 4 is 15.8 Å². The van der Waals surface area contributed by atoms with Crippen LogP contribution in [0.15, 0.2) is 24.3 Å². The Morgan fingerprint density at radius 2 is 2.09 bits per heavy atom. The maximum atomic E-state index is 10.5. The lowest BCUT2D eigenvalue weighted by atomic mass is 10.1. The summed E-state index contributed by atoms with van der Waals surface area (Å²) in [7, 11) is -4.14. The van der Waals surface area contributed by atoms with Gasteiger partial charge in [-0.2, -0.15) is 8.42 Å². The van der Waals surface area contributed by atoms with Gasteiger partial charge in [-0.25, -0.2) is 0 Å². The molecule has 0 saturated carbocycles. The number of allylic oxidation sites excluding steroid dienone is 3. The predicted molar refractivity (Wildman–Crippen MR) is 41.3 cm³/mol. The fraction of sp³-hybridized carbons (Fsp3) is 0.167. The second-order valence-electron chi connectivity index (χ2n) is 2.13. The summed E-state index contributed by atoms with van der Waals surface area (Å²) in [6, 6.07) is 0. The topological polar surface area (TPSA) is 78.2 Å². The van der Waals surface area contributed by atoms with Crippen LogP contribution in [0.4, 0.5) is 0 Å². The molecule has 60 valence electrons. The summed E-state index contributed by atoms with van der Waals surface area (Å²) in [5.74, 6) is 0. The van der Waals surface area contributed by atoms with Crippen molar-refractivity contribution < 1.29 is 13.0 Å². The van der Waals surface area contributed by atoms with Crippen molar-refractivity contribution in [2.24, 2.45) is 0 Å². The summed E-state index contributed by atoms with van der Waals surface area (Å²) < 4.78 is 29.6. The first kappa shape index (κ1) is 8.16. The van der Waals surface area contributed by atoms with E-state index < -0.39 is 15.4 Å². The van der Waals surface area contributed by atoms with Crippen LogP contribution in [0, 0.1) is 5.41 Å². The predicted octanol–water partition coefficient (Wildman–Crippen LogP) is 0.389. The molecule has 0 aromatic rings. The minimum Gasteiger partial charge on any atom is -0.304 e. The van der Waals surface area contributed by atoms with Crippen LogP contribution in [-0.4, -0.2) is 23.9 Å². The van der Waals surface area contributed by atoms with E-state index in [9.17, 15) is 8.42 Å². The highest BCUT2D eigenvalue weighted by atomic mass is 32.2. The van der Waals surface area contributed by atoms with E-state index in [0.29, 0.717) is 0 Å². The summed E-state index contributed by atoms with van der Waals surface area (Å²) in [4.78, 5) is 0. The zero-order valence-corrected chi connectivity index (χ0v) is 6.38. The Bertz CT molecular complexity index is 326. The van der Waals surface area contributed by atoms with Gasteiger partial charge in [0.1, 0.15) is 5.25 Å². The number of nitrogens with one attached hydrogen (secondary N) is 1. The third kappa shape index (κ3) is 1.75. The molecular formula is C6H7NO3S. The summed E-state index contributed by atoms with van der Waals surface area (Å²) >= 11 is 0. The molecular weight excluding hydrogens is 166 g/mol. The Morgan fingerprint density at radius 3 is 2.45 bits per heavy atom. The minimum atomic E-state index is -4.14. The molecule has 0 aromatic heterocycles. The summed E-state index contributed by atoms with van der Waals surface area (Å²) in [6.07, 6.45) is 5.62. The van der Waals surface area contributed by atoms with Gasteiger partial charge in [-0.05, 0) is 6.08 Å². The fourth-order valence-corrected chi connectivity index (χ4v) is 1.47. The van der Waals surface area contributed by atoms with Crippen LogP contribution in [0.1, 0.15) is 0 Å². The van der Waals surface area contributed by atoms with Crippen molar-refractivity contribution in [3.8, 4) is 0 Å². The third-order valence-corrected chi connectivity index (χ3v) is 2.35.